The quantitative estimate of drug-likeness (QED) is 0.0628. The second kappa shape index (κ2) is 26.1. The monoisotopic (exact) mass is 926 g/mol. The van der Waals surface area contributed by atoms with Gasteiger partial charge in [-0.3, -0.25) is 0 Å². The lowest BCUT2D eigenvalue weighted by atomic mass is 9.97. The summed E-state index contributed by atoms with van der Waals surface area (Å²) in [6.07, 6.45) is -7.05. The number of ether oxygens (including phenoxy) is 9. The molecule has 6 aromatic carbocycles. The van der Waals surface area contributed by atoms with Crippen LogP contribution >= 0.6 is 11.8 Å². The molecule has 67 heavy (non-hydrogen) atoms. The summed E-state index contributed by atoms with van der Waals surface area (Å²) in [5, 5.41) is 12.3. The summed E-state index contributed by atoms with van der Waals surface area (Å²) in [6, 6.07) is 60.0. The van der Waals surface area contributed by atoms with Crippen molar-refractivity contribution in [2.45, 2.75) is 107 Å². The van der Waals surface area contributed by atoms with E-state index in [9.17, 15) is 5.11 Å². The minimum absolute atomic E-state index is 0.00288. The molecule has 11 heteroatoms. The molecule has 0 bridgehead atoms. The topological polar surface area (TPSA) is 103 Å². The van der Waals surface area contributed by atoms with Crippen LogP contribution in [0.15, 0.2) is 182 Å². The van der Waals surface area contributed by atoms with Crippen LogP contribution in [0.5, 0.6) is 0 Å². The minimum Gasteiger partial charge on any atom is -0.385 e. The highest BCUT2D eigenvalue weighted by Gasteiger charge is 2.51. The summed E-state index contributed by atoms with van der Waals surface area (Å²) in [4.78, 5) is 0. The Balaban J connectivity index is 1.07. The normalized spacial score (nSPS) is 25.2. The lowest BCUT2D eigenvalue weighted by Crippen LogP contribution is -2.63. The zero-order valence-electron chi connectivity index (χ0n) is 38.0. The minimum atomic E-state index is -1.25. The van der Waals surface area contributed by atoms with Crippen molar-refractivity contribution in [3.63, 3.8) is 0 Å². The molecular weight excluding hydrogens is 865 g/mol. The maximum atomic E-state index is 12.3. The summed E-state index contributed by atoms with van der Waals surface area (Å²) >= 11 is 1.65. The first kappa shape index (κ1) is 48.7. The van der Waals surface area contributed by atoms with Gasteiger partial charge in [0.2, 0.25) is 0 Å². The van der Waals surface area contributed by atoms with Crippen molar-refractivity contribution in [1.82, 2.24) is 0 Å². The number of hydrogen-bond acceptors (Lipinski definition) is 11. The fourth-order valence-corrected chi connectivity index (χ4v) is 9.30. The molecule has 10 atom stereocenters. The Morgan fingerprint density at radius 1 is 0.388 bits per heavy atom. The summed E-state index contributed by atoms with van der Waals surface area (Å²) in [5.74, 6) is 0.768. The van der Waals surface area contributed by atoms with E-state index >= 15 is 0 Å². The molecule has 6 aromatic rings. The van der Waals surface area contributed by atoms with Gasteiger partial charge >= 0.3 is 0 Å². The Kier molecular flexibility index (Phi) is 19.0. The summed E-state index contributed by atoms with van der Waals surface area (Å²) < 4.78 is 60.7. The van der Waals surface area contributed by atoms with Crippen molar-refractivity contribution in [2.24, 2.45) is 0 Å². The highest BCUT2D eigenvalue weighted by atomic mass is 32.2. The van der Waals surface area contributed by atoms with Gasteiger partial charge in [0.25, 0.3) is 0 Å². The highest BCUT2D eigenvalue weighted by Crippen LogP contribution is 2.37. The molecule has 10 nitrogen and oxygen atoms in total. The van der Waals surface area contributed by atoms with Crippen LogP contribution in [0.25, 0.3) is 0 Å². The zero-order chi connectivity index (χ0) is 45.9. The van der Waals surface area contributed by atoms with Crippen molar-refractivity contribution in [3.05, 3.63) is 215 Å². The van der Waals surface area contributed by atoms with E-state index in [1.165, 1.54) is 0 Å². The van der Waals surface area contributed by atoms with Gasteiger partial charge in [0.15, 0.2) is 6.29 Å². The van der Waals surface area contributed by atoms with Crippen molar-refractivity contribution >= 4 is 11.8 Å². The van der Waals surface area contributed by atoms with E-state index in [1.54, 1.807) is 11.8 Å². The van der Waals surface area contributed by atoms with Crippen molar-refractivity contribution in [3.8, 4) is 0 Å². The smallest absolute Gasteiger partial charge is 0.186 e. The molecule has 0 aromatic heterocycles. The fourth-order valence-electron chi connectivity index (χ4n) is 8.33. The molecule has 2 aliphatic heterocycles. The van der Waals surface area contributed by atoms with Gasteiger partial charge in [-0.1, -0.05) is 189 Å². The third kappa shape index (κ3) is 14.4. The number of thioether (sulfide) groups is 1. The number of hydrogen-bond donors (Lipinski definition) is 1. The molecule has 0 aliphatic carbocycles. The first-order valence-electron chi connectivity index (χ1n) is 23.2. The van der Waals surface area contributed by atoms with Gasteiger partial charge in [-0.05, 0) is 39.1 Å². The van der Waals surface area contributed by atoms with Gasteiger partial charge in [0, 0.05) is 0 Å². The molecule has 2 heterocycles. The second-order valence-corrected chi connectivity index (χ2v) is 18.0. The van der Waals surface area contributed by atoms with E-state index in [-0.39, 0.29) is 26.4 Å². The standard InChI is InChI=1S/C56H62O10S/c1-2-67-56-54(63-38-46-31-19-8-20-32-46)53(62-37-45-29-17-7-18-30-45)51(60-35-43-25-13-5-14-26-43)48(66-56)40-64-55-49(57)52(61-36-44-27-15-6-16-28-44)50(59-34-42-23-11-4-12-24-42)47(65-55)39-58-33-41-21-9-3-10-22-41/h3-32,47-57H,2,33-40H2,1H3/t47-,48-,49+,50-,51-,52-,53+,54+,55+,56-/m1/s1. The van der Waals surface area contributed by atoms with E-state index in [4.69, 9.17) is 42.6 Å². The van der Waals surface area contributed by atoms with E-state index in [2.05, 4.69) is 19.1 Å². The van der Waals surface area contributed by atoms with Crippen LogP contribution in [-0.4, -0.2) is 84.6 Å². The Morgan fingerprint density at radius 3 is 1.15 bits per heavy atom. The molecule has 2 fully saturated rings. The Bertz CT molecular complexity index is 2250. The molecule has 0 saturated carbocycles. The Hall–Kier alpha value is -4.73. The van der Waals surface area contributed by atoms with Crippen LogP contribution in [0.3, 0.4) is 0 Å². The number of benzene rings is 6. The van der Waals surface area contributed by atoms with Gasteiger partial charge in [-0.25, -0.2) is 0 Å². The average molecular weight is 927 g/mol. The van der Waals surface area contributed by atoms with Gasteiger partial charge in [-0.15, -0.1) is 11.8 Å². The maximum absolute atomic E-state index is 12.3. The molecule has 2 saturated heterocycles. The fraction of sp³-hybridized carbons (Fsp3) is 0.357. The summed E-state index contributed by atoms with van der Waals surface area (Å²) in [6.45, 7) is 4.12. The first-order valence-corrected chi connectivity index (χ1v) is 24.3. The average Bonchev–Trinajstić information content (AvgIpc) is 3.38. The molecule has 0 amide bonds. The number of aliphatic hydroxyl groups is 1. The van der Waals surface area contributed by atoms with E-state index in [0.717, 1.165) is 39.1 Å². The van der Waals surface area contributed by atoms with E-state index in [0.29, 0.717) is 26.4 Å². The predicted octanol–water partition coefficient (Wildman–Crippen LogP) is 9.71. The van der Waals surface area contributed by atoms with Gasteiger partial charge in [0.1, 0.15) is 54.3 Å². The molecular formula is C56H62O10S. The van der Waals surface area contributed by atoms with Crippen LogP contribution in [0, 0.1) is 0 Å². The van der Waals surface area contributed by atoms with Gasteiger partial charge < -0.3 is 47.7 Å². The predicted molar refractivity (Wildman–Crippen MR) is 259 cm³/mol. The van der Waals surface area contributed by atoms with Crippen LogP contribution in [-0.2, 0) is 82.3 Å². The summed E-state index contributed by atoms with van der Waals surface area (Å²) in [7, 11) is 0. The van der Waals surface area contributed by atoms with Crippen molar-refractivity contribution in [1.29, 1.82) is 0 Å². The van der Waals surface area contributed by atoms with Crippen LogP contribution in [0.1, 0.15) is 40.3 Å². The third-order valence-corrected chi connectivity index (χ3v) is 12.8. The van der Waals surface area contributed by atoms with Crippen LogP contribution < -0.4 is 0 Å². The second-order valence-electron chi connectivity index (χ2n) is 16.7. The van der Waals surface area contributed by atoms with Crippen LogP contribution in [0.4, 0.5) is 0 Å². The Morgan fingerprint density at radius 2 is 0.731 bits per heavy atom. The van der Waals surface area contributed by atoms with Crippen LogP contribution in [0.2, 0.25) is 0 Å². The van der Waals surface area contributed by atoms with Gasteiger partial charge in [-0.2, -0.15) is 0 Å². The number of rotatable bonds is 24. The van der Waals surface area contributed by atoms with Gasteiger partial charge in [0.05, 0.1) is 52.9 Å². The molecule has 0 radical (unpaired) electrons. The molecule has 2 aliphatic rings. The molecule has 1 N–H and O–H groups in total. The first-order chi connectivity index (χ1) is 33.1. The molecule has 8 rings (SSSR count). The third-order valence-electron chi connectivity index (χ3n) is 11.8. The SMILES string of the molecule is CCS[C@H]1O[C@H](CO[C@H]2O[C@H](COCc3ccccc3)[C@@H](OCc3ccccc3)[C@H](OCc3ccccc3)[C@@H]2O)[C@@H](OCc2ccccc2)[C@H](OCc2ccccc2)[C@@H]1OCc1ccccc1. The molecule has 0 spiro atoms. The Labute approximate surface area is 399 Å². The number of aliphatic hydroxyl groups excluding tert-OH is 1. The zero-order valence-corrected chi connectivity index (χ0v) is 38.8. The summed E-state index contributed by atoms with van der Waals surface area (Å²) in [5.41, 5.74) is 5.58. The van der Waals surface area contributed by atoms with Crippen molar-refractivity contribution < 1.29 is 47.7 Å². The maximum Gasteiger partial charge on any atom is 0.186 e. The molecule has 352 valence electrons. The largest absolute Gasteiger partial charge is 0.385 e. The lowest BCUT2D eigenvalue weighted by Gasteiger charge is -2.47. The van der Waals surface area contributed by atoms with E-state index < -0.39 is 60.6 Å². The van der Waals surface area contributed by atoms with Crippen molar-refractivity contribution in [2.75, 3.05) is 19.0 Å². The molecule has 0 unspecified atom stereocenters. The highest BCUT2D eigenvalue weighted by molar-refractivity contribution is 7.99. The van der Waals surface area contributed by atoms with E-state index in [1.807, 2.05) is 170 Å². The lowest BCUT2D eigenvalue weighted by molar-refractivity contribution is -0.329.